The molecule has 2 heterocycles. The van der Waals surface area contributed by atoms with Crippen LogP contribution in [0.25, 0.3) is 11.3 Å². The first-order valence-corrected chi connectivity index (χ1v) is 10.7. The molecular weight excluding hydrogens is 360 g/mol. The molecule has 0 bridgehead atoms. The lowest BCUT2D eigenvalue weighted by Gasteiger charge is -2.23. The van der Waals surface area contributed by atoms with Crippen molar-refractivity contribution in [2.75, 3.05) is 30.1 Å². The van der Waals surface area contributed by atoms with Crippen molar-refractivity contribution in [1.82, 2.24) is 14.6 Å². The van der Waals surface area contributed by atoms with Crippen LogP contribution in [-0.4, -0.2) is 59.2 Å². The quantitative estimate of drug-likeness (QED) is 0.614. The highest BCUT2D eigenvalue weighted by molar-refractivity contribution is 7.99. The second kappa shape index (κ2) is 7.09. The molecule has 1 atom stereocenters. The number of nitrogen functional groups attached to an aromatic ring is 1. The van der Waals surface area contributed by atoms with E-state index in [9.17, 15) is 13.2 Å². The van der Waals surface area contributed by atoms with Gasteiger partial charge in [-0.1, -0.05) is 42.1 Å². The van der Waals surface area contributed by atoms with E-state index >= 15 is 0 Å². The standard InChI is InChI=1S/C16H20N4O3S2/c1-19(13-7-8-25(22,23)11-13)15(21)10-24-16-18-14(9-20(16)17)12-5-3-2-4-6-12/h2-6,9,13H,7-8,10-11,17H2,1H3/t13-/m0/s1. The lowest BCUT2D eigenvalue weighted by atomic mass is 10.2. The summed E-state index contributed by atoms with van der Waals surface area (Å²) in [6.07, 6.45) is 2.22. The fourth-order valence-electron chi connectivity index (χ4n) is 2.74. The first-order valence-electron chi connectivity index (χ1n) is 7.84. The molecule has 1 aliphatic heterocycles. The van der Waals surface area contributed by atoms with Crippen molar-refractivity contribution in [2.24, 2.45) is 0 Å². The molecule has 2 N–H and O–H groups in total. The minimum Gasteiger partial charge on any atom is -0.341 e. The van der Waals surface area contributed by atoms with Gasteiger partial charge in [-0.2, -0.15) is 0 Å². The second-order valence-corrected chi connectivity index (χ2v) is 9.20. The number of benzene rings is 1. The molecule has 7 nitrogen and oxygen atoms in total. The van der Waals surface area contributed by atoms with Gasteiger partial charge in [-0.05, 0) is 6.42 Å². The zero-order valence-electron chi connectivity index (χ0n) is 13.8. The van der Waals surface area contributed by atoms with Gasteiger partial charge in [-0.3, -0.25) is 4.79 Å². The smallest absolute Gasteiger partial charge is 0.233 e. The SMILES string of the molecule is CN(C(=O)CSc1nc(-c2ccccc2)cn1N)[C@H]1CCS(=O)(=O)C1. The highest BCUT2D eigenvalue weighted by Gasteiger charge is 2.32. The Balaban J connectivity index is 1.62. The molecule has 2 aromatic rings. The largest absolute Gasteiger partial charge is 0.341 e. The molecule has 1 fully saturated rings. The molecular formula is C16H20N4O3S2. The molecule has 0 radical (unpaired) electrons. The van der Waals surface area contributed by atoms with E-state index in [0.29, 0.717) is 11.6 Å². The Kier molecular flexibility index (Phi) is 5.05. The number of nitrogens with zero attached hydrogens (tertiary/aromatic N) is 3. The van der Waals surface area contributed by atoms with Crippen LogP contribution in [0.3, 0.4) is 0 Å². The first kappa shape index (κ1) is 17.8. The Labute approximate surface area is 151 Å². The minimum atomic E-state index is -3.01. The zero-order valence-corrected chi connectivity index (χ0v) is 15.5. The van der Waals surface area contributed by atoms with Crippen molar-refractivity contribution in [3.63, 3.8) is 0 Å². The van der Waals surface area contributed by atoms with E-state index in [4.69, 9.17) is 5.84 Å². The average Bonchev–Trinajstić information content (AvgIpc) is 3.15. The maximum absolute atomic E-state index is 12.3. The Morgan fingerprint density at radius 2 is 2.12 bits per heavy atom. The van der Waals surface area contributed by atoms with Gasteiger partial charge >= 0.3 is 0 Å². The van der Waals surface area contributed by atoms with Gasteiger partial charge in [-0.15, -0.1) is 0 Å². The highest BCUT2D eigenvalue weighted by atomic mass is 32.2. The second-order valence-electron chi connectivity index (χ2n) is 6.03. The van der Waals surface area contributed by atoms with Gasteiger partial charge in [0.1, 0.15) is 0 Å². The van der Waals surface area contributed by atoms with Crippen LogP contribution in [0, 0.1) is 0 Å². The molecule has 25 heavy (non-hydrogen) atoms. The van der Waals surface area contributed by atoms with Crippen molar-refractivity contribution in [3.8, 4) is 11.3 Å². The van der Waals surface area contributed by atoms with Crippen LogP contribution in [-0.2, 0) is 14.6 Å². The Hall–Kier alpha value is -2.00. The van der Waals surface area contributed by atoms with Crippen LogP contribution in [0.2, 0.25) is 0 Å². The first-order chi connectivity index (χ1) is 11.9. The molecule has 1 saturated heterocycles. The molecule has 0 spiro atoms. The third kappa shape index (κ3) is 4.16. The minimum absolute atomic E-state index is 0.0452. The van der Waals surface area contributed by atoms with Crippen LogP contribution in [0.15, 0.2) is 41.7 Å². The van der Waals surface area contributed by atoms with Crippen LogP contribution in [0.4, 0.5) is 0 Å². The maximum atomic E-state index is 12.3. The molecule has 9 heteroatoms. The van der Waals surface area contributed by atoms with Gasteiger partial charge in [0.05, 0.1) is 29.1 Å². The number of hydrogen-bond donors (Lipinski definition) is 1. The third-order valence-corrected chi connectivity index (χ3v) is 6.94. The molecule has 0 aliphatic carbocycles. The van der Waals surface area contributed by atoms with E-state index in [1.165, 1.54) is 21.3 Å². The number of amides is 1. The topological polar surface area (TPSA) is 98.3 Å². The van der Waals surface area contributed by atoms with Crippen LogP contribution in [0.1, 0.15) is 6.42 Å². The number of carbonyl (C=O) groups is 1. The maximum Gasteiger partial charge on any atom is 0.233 e. The Bertz CT molecular complexity index is 865. The molecule has 3 rings (SSSR count). The number of thioether (sulfide) groups is 1. The summed E-state index contributed by atoms with van der Waals surface area (Å²) < 4.78 is 24.5. The molecule has 0 unspecified atom stereocenters. The Morgan fingerprint density at radius 1 is 1.40 bits per heavy atom. The molecule has 0 saturated carbocycles. The van der Waals surface area contributed by atoms with Crippen molar-refractivity contribution < 1.29 is 13.2 Å². The van der Waals surface area contributed by atoms with Crippen LogP contribution < -0.4 is 5.84 Å². The highest BCUT2D eigenvalue weighted by Crippen LogP contribution is 2.24. The van der Waals surface area contributed by atoms with Gasteiger partial charge in [0, 0.05) is 18.7 Å². The summed E-state index contributed by atoms with van der Waals surface area (Å²) in [4.78, 5) is 18.3. The summed E-state index contributed by atoms with van der Waals surface area (Å²) in [6.45, 7) is 0. The molecule has 1 aliphatic rings. The summed E-state index contributed by atoms with van der Waals surface area (Å²) in [5.74, 6) is 6.16. The van der Waals surface area contributed by atoms with Crippen molar-refractivity contribution in [1.29, 1.82) is 0 Å². The predicted octanol–water partition coefficient (Wildman–Crippen LogP) is 1.00. The van der Waals surface area contributed by atoms with Crippen LogP contribution >= 0.6 is 11.8 Å². The number of carbonyl (C=O) groups excluding carboxylic acids is 1. The lowest BCUT2D eigenvalue weighted by Crippen LogP contribution is -2.38. The van der Waals surface area contributed by atoms with E-state index in [2.05, 4.69) is 4.98 Å². The summed E-state index contributed by atoms with van der Waals surface area (Å²) in [6, 6.07) is 9.41. The number of nitrogens with two attached hydrogens (primary N) is 1. The number of sulfone groups is 1. The molecule has 134 valence electrons. The van der Waals surface area contributed by atoms with Crippen LogP contribution in [0.5, 0.6) is 0 Å². The van der Waals surface area contributed by atoms with Gasteiger partial charge in [0.2, 0.25) is 5.91 Å². The number of rotatable bonds is 5. The monoisotopic (exact) mass is 380 g/mol. The van der Waals surface area contributed by atoms with Gasteiger partial charge in [-0.25, -0.2) is 18.1 Å². The molecule has 1 aromatic carbocycles. The average molecular weight is 380 g/mol. The van der Waals surface area contributed by atoms with E-state index in [1.807, 2.05) is 30.3 Å². The summed E-state index contributed by atoms with van der Waals surface area (Å²) in [5.41, 5.74) is 1.70. The van der Waals surface area contributed by atoms with E-state index in [1.54, 1.807) is 13.2 Å². The normalized spacial score (nSPS) is 19.0. The van der Waals surface area contributed by atoms with Gasteiger partial charge < -0.3 is 10.7 Å². The van der Waals surface area contributed by atoms with Crippen molar-refractivity contribution in [2.45, 2.75) is 17.6 Å². The summed E-state index contributed by atoms with van der Waals surface area (Å²) in [5, 5.41) is 0.541. The van der Waals surface area contributed by atoms with E-state index in [-0.39, 0.29) is 29.2 Å². The van der Waals surface area contributed by atoms with Crippen molar-refractivity contribution >= 4 is 27.5 Å². The Morgan fingerprint density at radius 3 is 2.76 bits per heavy atom. The van der Waals surface area contributed by atoms with Gasteiger partial charge in [0.15, 0.2) is 15.0 Å². The molecule has 1 aromatic heterocycles. The summed E-state index contributed by atoms with van der Waals surface area (Å²) >= 11 is 1.24. The fourth-order valence-corrected chi connectivity index (χ4v) is 5.34. The van der Waals surface area contributed by atoms with E-state index in [0.717, 1.165) is 11.3 Å². The number of hydrogen-bond acceptors (Lipinski definition) is 6. The number of aromatic nitrogens is 2. The zero-order chi connectivity index (χ0) is 18.0. The lowest BCUT2D eigenvalue weighted by molar-refractivity contribution is -0.128. The van der Waals surface area contributed by atoms with E-state index < -0.39 is 9.84 Å². The third-order valence-electron chi connectivity index (χ3n) is 4.24. The predicted molar refractivity (Wildman–Crippen MR) is 98.4 cm³/mol. The van der Waals surface area contributed by atoms with Crippen molar-refractivity contribution in [3.05, 3.63) is 36.5 Å². The molecule has 1 amide bonds. The summed E-state index contributed by atoms with van der Waals surface area (Å²) in [7, 11) is -1.36. The number of imidazole rings is 1. The fraction of sp³-hybridized carbons (Fsp3) is 0.375. The van der Waals surface area contributed by atoms with Gasteiger partial charge in [0.25, 0.3) is 0 Å².